The summed E-state index contributed by atoms with van der Waals surface area (Å²) in [7, 11) is 0. The number of anilines is 3. The lowest BCUT2D eigenvalue weighted by molar-refractivity contribution is -0.274. The van der Waals surface area contributed by atoms with Crippen LogP contribution >= 0.6 is 0 Å². The van der Waals surface area contributed by atoms with Crippen LogP contribution in [0.2, 0.25) is 0 Å². The molecule has 0 saturated heterocycles. The zero-order valence-corrected chi connectivity index (χ0v) is 20.4. The van der Waals surface area contributed by atoms with Crippen LogP contribution in [0.3, 0.4) is 0 Å². The monoisotopic (exact) mass is 526 g/mol. The Morgan fingerprint density at radius 1 is 1.00 bits per heavy atom. The second-order valence-corrected chi connectivity index (χ2v) is 8.21. The van der Waals surface area contributed by atoms with Gasteiger partial charge in [0.2, 0.25) is 11.7 Å². The molecule has 9 nitrogen and oxygen atoms in total. The van der Waals surface area contributed by atoms with Crippen LogP contribution in [0.1, 0.15) is 19.8 Å². The number of rotatable bonds is 11. The second kappa shape index (κ2) is 12.2. The van der Waals surface area contributed by atoms with Gasteiger partial charge in [-0.15, -0.1) is 13.2 Å². The maximum absolute atomic E-state index is 12.3. The summed E-state index contributed by atoms with van der Waals surface area (Å²) < 4.78 is 46.3. The fourth-order valence-electron chi connectivity index (χ4n) is 3.39. The molecule has 2 aromatic carbocycles. The van der Waals surface area contributed by atoms with Crippen molar-refractivity contribution in [2.75, 3.05) is 23.7 Å². The van der Waals surface area contributed by atoms with Gasteiger partial charge in [-0.25, -0.2) is 4.98 Å². The Morgan fingerprint density at radius 2 is 1.74 bits per heavy atom. The minimum absolute atomic E-state index is 0.124. The molecule has 0 radical (unpaired) electrons. The molecule has 0 aliphatic heterocycles. The third kappa shape index (κ3) is 7.77. The number of nitrogens with one attached hydrogen (secondary N) is 3. The molecular weight excluding hydrogens is 501 g/mol. The van der Waals surface area contributed by atoms with Gasteiger partial charge < -0.3 is 25.2 Å². The zero-order chi connectivity index (χ0) is 27.0. The summed E-state index contributed by atoms with van der Waals surface area (Å²) in [5.41, 5.74) is 2.46. The van der Waals surface area contributed by atoms with Crippen molar-refractivity contribution in [2.24, 2.45) is 0 Å². The van der Waals surface area contributed by atoms with Gasteiger partial charge in [0.1, 0.15) is 11.6 Å². The molecule has 0 saturated carbocycles. The van der Waals surface area contributed by atoms with E-state index in [1.807, 2.05) is 0 Å². The minimum atomic E-state index is -4.75. The van der Waals surface area contributed by atoms with Crippen molar-refractivity contribution >= 4 is 23.1 Å². The van der Waals surface area contributed by atoms with Crippen LogP contribution in [0, 0.1) is 0 Å². The number of carbonyl (C=O) groups excluding carboxylic acids is 1. The largest absolute Gasteiger partial charge is 0.573 e. The van der Waals surface area contributed by atoms with E-state index in [2.05, 4.69) is 42.7 Å². The molecule has 12 heteroatoms. The van der Waals surface area contributed by atoms with Crippen LogP contribution < -0.4 is 20.7 Å². The summed E-state index contributed by atoms with van der Waals surface area (Å²) in [4.78, 5) is 20.7. The first-order valence-corrected chi connectivity index (χ1v) is 11.8. The van der Waals surface area contributed by atoms with E-state index in [1.165, 1.54) is 24.3 Å². The van der Waals surface area contributed by atoms with E-state index in [-0.39, 0.29) is 18.2 Å². The highest BCUT2D eigenvalue weighted by Gasteiger charge is 2.30. The molecule has 2 heterocycles. The Bertz CT molecular complexity index is 1340. The third-order valence-corrected chi connectivity index (χ3v) is 5.21. The van der Waals surface area contributed by atoms with Gasteiger partial charge >= 0.3 is 6.36 Å². The highest BCUT2D eigenvalue weighted by molar-refractivity contribution is 5.92. The number of amides is 1. The minimum Gasteiger partial charge on any atom is -0.406 e. The Kier molecular flexibility index (Phi) is 8.54. The number of benzene rings is 2. The van der Waals surface area contributed by atoms with Gasteiger partial charge in [-0.05, 0) is 73.6 Å². The molecule has 3 N–H and O–H groups in total. The molecule has 0 bridgehead atoms. The predicted molar refractivity (Wildman–Crippen MR) is 136 cm³/mol. The predicted octanol–water partition coefficient (Wildman–Crippen LogP) is 5.77. The van der Waals surface area contributed by atoms with Gasteiger partial charge in [-0.2, -0.15) is 4.98 Å². The van der Waals surface area contributed by atoms with Crippen molar-refractivity contribution in [3.05, 3.63) is 66.9 Å². The number of hydrogen-bond donors (Lipinski definition) is 3. The third-order valence-electron chi connectivity index (χ3n) is 5.21. The first kappa shape index (κ1) is 26.6. The summed E-state index contributed by atoms with van der Waals surface area (Å²) in [6.07, 6.45) is -1.13. The van der Waals surface area contributed by atoms with Crippen molar-refractivity contribution in [1.29, 1.82) is 0 Å². The Labute approximate surface area is 216 Å². The number of aromatic nitrogens is 3. The highest BCUT2D eigenvalue weighted by atomic mass is 19.4. The molecule has 4 rings (SSSR count). The molecule has 0 aliphatic carbocycles. The van der Waals surface area contributed by atoms with Crippen LogP contribution in [0.15, 0.2) is 71.4 Å². The van der Waals surface area contributed by atoms with E-state index in [1.54, 1.807) is 42.6 Å². The molecule has 4 aromatic rings. The molecule has 198 valence electrons. The number of hydrogen-bond acceptors (Lipinski definition) is 8. The lowest BCUT2D eigenvalue weighted by Crippen LogP contribution is -2.28. The van der Waals surface area contributed by atoms with E-state index in [9.17, 15) is 18.0 Å². The van der Waals surface area contributed by atoms with Gasteiger partial charge in [-0.1, -0.05) is 18.5 Å². The average molecular weight is 527 g/mol. The van der Waals surface area contributed by atoms with Gasteiger partial charge in [0.05, 0.1) is 6.54 Å². The Morgan fingerprint density at radius 3 is 2.45 bits per heavy atom. The highest BCUT2D eigenvalue weighted by Crippen LogP contribution is 2.27. The molecule has 0 aliphatic rings. The molecule has 1 amide bonds. The van der Waals surface area contributed by atoms with Gasteiger partial charge in [0, 0.05) is 28.7 Å². The number of carbonyl (C=O) groups is 1. The molecule has 2 aromatic heterocycles. The number of ether oxygens (including phenoxy) is 1. The van der Waals surface area contributed by atoms with E-state index in [0.717, 1.165) is 19.4 Å². The van der Waals surface area contributed by atoms with Crippen LogP contribution in [-0.2, 0) is 4.79 Å². The molecule has 0 unspecified atom stereocenters. The fourth-order valence-corrected chi connectivity index (χ4v) is 3.39. The Hall–Kier alpha value is -4.45. The maximum Gasteiger partial charge on any atom is 0.573 e. The standard InChI is InChI=1S/C26H25F3N6O3/c1-2-3-13-30-16-23(36)33-20-6-4-17(5-7-20)25-34-24(35-38-25)18-12-14-31-22(15-18)32-19-8-10-21(11-9-19)37-26(27,28)29/h4-12,14-15,30H,2-3,13,16H2,1H3,(H,31,32)(H,33,36). The number of pyridine rings is 1. The van der Waals surface area contributed by atoms with Gasteiger partial charge in [0.15, 0.2) is 0 Å². The number of nitrogens with zero attached hydrogens (tertiary/aromatic N) is 3. The second-order valence-electron chi connectivity index (χ2n) is 8.21. The fraction of sp³-hybridized carbons (Fsp3) is 0.231. The molecule has 0 spiro atoms. The number of halogens is 3. The lowest BCUT2D eigenvalue weighted by Gasteiger charge is -2.10. The van der Waals surface area contributed by atoms with Crippen LogP contribution in [-0.4, -0.2) is 40.5 Å². The van der Waals surface area contributed by atoms with E-state index in [0.29, 0.717) is 40.0 Å². The van der Waals surface area contributed by atoms with E-state index >= 15 is 0 Å². The summed E-state index contributed by atoms with van der Waals surface area (Å²) in [6.45, 7) is 3.13. The van der Waals surface area contributed by atoms with Crippen molar-refractivity contribution in [2.45, 2.75) is 26.1 Å². The molecule has 0 fully saturated rings. The van der Waals surface area contributed by atoms with Crippen LogP contribution in [0.25, 0.3) is 22.8 Å². The average Bonchev–Trinajstić information content (AvgIpc) is 3.38. The Balaban J connectivity index is 1.37. The van der Waals surface area contributed by atoms with E-state index < -0.39 is 6.36 Å². The van der Waals surface area contributed by atoms with Gasteiger partial charge in [-0.3, -0.25) is 4.79 Å². The lowest BCUT2D eigenvalue weighted by atomic mass is 10.2. The van der Waals surface area contributed by atoms with Crippen molar-refractivity contribution < 1.29 is 27.2 Å². The first-order valence-electron chi connectivity index (χ1n) is 11.8. The zero-order valence-electron chi connectivity index (χ0n) is 20.4. The van der Waals surface area contributed by atoms with Crippen LogP contribution in [0.5, 0.6) is 5.75 Å². The van der Waals surface area contributed by atoms with Crippen molar-refractivity contribution in [3.8, 4) is 28.6 Å². The molecular formula is C26H25F3N6O3. The molecule has 0 atom stereocenters. The quantitative estimate of drug-likeness (QED) is 0.211. The SMILES string of the molecule is CCCCNCC(=O)Nc1ccc(-c2nc(-c3ccnc(Nc4ccc(OC(F)(F)F)cc4)c3)no2)cc1. The van der Waals surface area contributed by atoms with Gasteiger partial charge in [0.25, 0.3) is 5.89 Å². The smallest absolute Gasteiger partial charge is 0.406 e. The normalized spacial score (nSPS) is 11.3. The topological polar surface area (TPSA) is 114 Å². The van der Waals surface area contributed by atoms with Crippen molar-refractivity contribution in [3.63, 3.8) is 0 Å². The van der Waals surface area contributed by atoms with Crippen LogP contribution in [0.4, 0.5) is 30.4 Å². The summed E-state index contributed by atoms with van der Waals surface area (Å²) in [6, 6.07) is 15.7. The van der Waals surface area contributed by atoms with Crippen molar-refractivity contribution in [1.82, 2.24) is 20.4 Å². The summed E-state index contributed by atoms with van der Waals surface area (Å²) >= 11 is 0. The summed E-state index contributed by atoms with van der Waals surface area (Å²) in [5, 5.41) is 13.0. The number of alkyl halides is 3. The first-order chi connectivity index (χ1) is 18.3. The van der Waals surface area contributed by atoms with E-state index in [4.69, 9.17) is 4.52 Å². The summed E-state index contributed by atoms with van der Waals surface area (Å²) in [5.74, 6) is 0.615. The maximum atomic E-state index is 12.3. The number of unbranched alkanes of at least 4 members (excludes halogenated alkanes) is 1. The molecule has 38 heavy (non-hydrogen) atoms.